The van der Waals surface area contributed by atoms with Crippen LogP contribution in [0.15, 0.2) is 12.2 Å². The predicted octanol–water partition coefficient (Wildman–Crippen LogP) is 2.62. The number of ketones is 2. The average Bonchev–Trinajstić information content (AvgIpc) is 3.16. The van der Waals surface area contributed by atoms with E-state index in [9.17, 15) is 29.7 Å². The monoisotopic (exact) mass is 560 g/mol. The Morgan fingerprint density at radius 2 is 1.70 bits per heavy atom. The molecule has 222 valence electrons. The second-order valence-corrected chi connectivity index (χ2v) is 14.1. The number of ether oxygens (including phenoxy) is 3. The van der Waals surface area contributed by atoms with Crippen LogP contribution in [0.1, 0.15) is 86.5 Å². The average molecular weight is 561 g/mol. The lowest BCUT2D eigenvalue weighted by Gasteiger charge is -2.67. The molecule has 40 heavy (non-hydrogen) atoms. The Morgan fingerprint density at radius 3 is 2.35 bits per heavy atom. The Morgan fingerprint density at radius 1 is 1.02 bits per heavy atom. The van der Waals surface area contributed by atoms with Crippen LogP contribution in [0.3, 0.4) is 0 Å². The van der Waals surface area contributed by atoms with Gasteiger partial charge in [-0.25, -0.2) is 0 Å². The number of esters is 1. The topological polar surface area (TPSA) is 140 Å². The highest BCUT2D eigenvalue weighted by molar-refractivity contribution is 5.98. The molecule has 0 radical (unpaired) electrons. The molecule has 12 atom stereocenters. The number of hydrogen-bond acceptors (Lipinski definition) is 9. The van der Waals surface area contributed by atoms with Crippen molar-refractivity contribution < 1.29 is 43.9 Å². The second-order valence-electron chi connectivity index (χ2n) is 14.1. The van der Waals surface area contributed by atoms with Crippen molar-refractivity contribution in [3.8, 4) is 0 Å². The summed E-state index contributed by atoms with van der Waals surface area (Å²) in [5.74, 6) is -6.80. The molecule has 9 heteroatoms. The molecule has 4 unspecified atom stereocenters. The molecule has 3 aliphatic carbocycles. The molecule has 4 bridgehead atoms. The molecule has 3 N–H and O–H groups in total. The molecular formula is C31H44O9. The van der Waals surface area contributed by atoms with E-state index in [-0.39, 0.29) is 38.1 Å². The molecule has 6 aliphatic rings. The first kappa shape index (κ1) is 28.5. The lowest BCUT2D eigenvalue weighted by molar-refractivity contribution is -0.391. The van der Waals surface area contributed by atoms with Gasteiger partial charge >= 0.3 is 5.97 Å². The van der Waals surface area contributed by atoms with Crippen LogP contribution < -0.4 is 0 Å². The summed E-state index contributed by atoms with van der Waals surface area (Å²) in [4.78, 5) is 41.7. The molecule has 3 saturated heterocycles. The number of rotatable bonds is 3. The Balaban J connectivity index is 1.62. The number of Topliss-reactive ketones (excluding diaryl/α,β-unsaturated/α-hetero) is 1. The van der Waals surface area contributed by atoms with Gasteiger partial charge < -0.3 is 29.5 Å². The normalized spacial score (nSPS) is 56.9. The third-order valence-electron chi connectivity index (χ3n) is 13.0. The molecular weight excluding hydrogens is 516 g/mol. The fourth-order valence-electron chi connectivity index (χ4n) is 10.4. The van der Waals surface area contributed by atoms with Crippen LogP contribution in [-0.4, -0.2) is 73.8 Å². The number of carbonyl (C=O) groups excluding carboxylic acids is 3. The largest absolute Gasteiger partial charge is 0.459 e. The van der Waals surface area contributed by atoms with Crippen LogP contribution in [0.4, 0.5) is 0 Å². The van der Waals surface area contributed by atoms with E-state index in [0.717, 1.165) is 0 Å². The van der Waals surface area contributed by atoms with Crippen LogP contribution in [0, 0.1) is 34.5 Å². The van der Waals surface area contributed by atoms with E-state index in [1.54, 1.807) is 33.8 Å². The van der Waals surface area contributed by atoms with Crippen LogP contribution in [0.5, 0.6) is 0 Å². The Labute approximate surface area is 235 Å². The van der Waals surface area contributed by atoms with Gasteiger partial charge in [0.05, 0.1) is 28.5 Å². The Kier molecular flexibility index (Phi) is 5.87. The third-order valence-corrected chi connectivity index (χ3v) is 13.0. The first-order valence-corrected chi connectivity index (χ1v) is 15.0. The minimum absolute atomic E-state index is 0.154. The molecule has 6 rings (SSSR count). The van der Waals surface area contributed by atoms with Crippen molar-refractivity contribution in [3.63, 3.8) is 0 Å². The van der Waals surface area contributed by atoms with Gasteiger partial charge in [0.25, 0.3) is 0 Å². The maximum absolute atomic E-state index is 14.9. The first-order valence-electron chi connectivity index (χ1n) is 15.0. The lowest BCUT2D eigenvalue weighted by atomic mass is 9.45. The maximum Gasteiger partial charge on any atom is 0.309 e. The summed E-state index contributed by atoms with van der Waals surface area (Å²) < 4.78 is 19.2. The van der Waals surface area contributed by atoms with E-state index < -0.39 is 80.5 Å². The summed E-state index contributed by atoms with van der Waals surface area (Å²) >= 11 is 0. The predicted molar refractivity (Wildman–Crippen MR) is 142 cm³/mol. The summed E-state index contributed by atoms with van der Waals surface area (Å²) in [7, 11) is 0. The fraction of sp³-hybridized carbons (Fsp3) is 0.839. The fourth-order valence-corrected chi connectivity index (χ4v) is 10.4. The van der Waals surface area contributed by atoms with Crippen LogP contribution in [-0.2, 0) is 28.6 Å². The van der Waals surface area contributed by atoms with E-state index in [1.165, 1.54) is 6.08 Å². The highest BCUT2D eigenvalue weighted by Crippen LogP contribution is 2.72. The summed E-state index contributed by atoms with van der Waals surface area (Å²) in [6, 6.07) is 0. The van der Waals surface area contributed by atoms with E-state index in [1.807, 2.05) is 13.8 Å². The minimum atomic E-state index is -2.35. The molecule has 5 fully saturated rings. The van der Waals surface area contributed by atoms with Crippen molar-refractivity contribution in [2.45, 2.75) is 121 Å². The van der Waals surface area contributed by atoms with E-state index in [4.69, 9.17) is 14.2 Å². The van der Waals surface area contributed by atoms with Gasteiger partial charge in [-0.3, -0.25) is 14.4 Å². The molecule has 2 saturated carbocycles. The summed E-state index contributed by atoms with van der Waals surface area (Å²) in [6.45, 7) is 10.9. The molecule has 0 amide bonds. The Bertz CT molecular complexity index is 1200. The van der Waals surface area contributed by atoms with Crippen molar-refractivity contribution in [2.24, 2.45) is 34.5 Å². The second kappa shape index (κ2) is 8.25. The number of allylic oxidation sites excluding steroid dienone is 1. The quantitative estimate of drug-likeness (QED) is 0.445. The van der Waals surface area contributed by atoms with E-state index >= 15 is 0 Å². The van der Waals surface area contributed by atoms with Crippen molar-refractivity contribution in [2.75, 3.05) is 6.61 Å². The lowest BCUT2D eigenvalue weighted by Crippen LogP contribution is -2.81. The summed E-state index contributed by atoms with van der Waals surface area (Å²) in [5.41, 5.74) is -8.43. The van der Waals surface area contributed by atoms with Gasteiger partial charge in [-0.1, -0.05) is 26.8 Å². The van der Waals surface area contributed by atoms with Gasteiger partial charge in [-0.15, -0.1) is 0 Å². The molecule has 0 aromatic rings. The molecule has 9 nitrogen and oxygen atoms in total. The van der Waals surface area contributed by atoms with Gasteiger partial charge in [0.15, 0.2) is 11.6 Å². The highest BCUT2D eigenvalue weighted by atomic mass is 16.7. The molecule has 3 heterocycles. The van der Waals surface area contributed by atoms with Crippen molar-refractivity contribution in [1.29, 1.82) is 0 Å². The van der Waals surface area contributed by atoms with Gasteiger partial charge in [0.1, 0.15) is 17.3 Å². The van der Waals surface area contributed by atoms with Crippen molar-refractivity contribution in [1.82, 2.24) is 0 Å². The molecule has 0 aromatic heterocycles. The highest BCUT2D eigenvalue weighted by Gasteiger charge is 2.86. The maximum atomic E-state index is 14.9. The third kappa shape index (κ3) is 2.85. The molecule has 1 spiro atoms. The van der Waals surface area contributed by atoms with Crippen LogP contribution in [0.25, 0.3) is 0 Å². The van der Waals surface area contributed by atoms with Crippen molar-refractivity contribution in [3.05, 3.63) is 12.2 Å². The summed E-state index contributed by atoms with van der Waals surface area (Å²) in [5, 5.41) is 37.2. The van der Waals surface area contributed by atoms with E-state index in [2.05, 4.69) is 0 Å². The summed E-state index contributed by atoms with van der Waals surface area (Å²) in [6.07, 6.45) is 4.11. The molecule has 0 aromatic carbocycles. The molecule has 3 aliphatic heterocycles. The van der Waals surface area contributed by atoms with Gasteiger partial charge in [0, 0.05) is 12.5 Å². The van der Waals surface area contributed by atoms with Crippen LogP contribution >= 0.6 is 0 Å². The zero-order valence-electron chi connectivity index (χ0n) is 24.5. The van der Waals surface area contributed by atoms with Gasteiger partial charge in [-0.05, 0) is 83.1 Å². The number of fused-ring (bicyclic) bond motifs is 8. The van der Waals surface area contributed by atoms with Crippen molar-refractivity contribution >= 4 is 17.5 Å². The number of carbonyl (C=O) groups is 3. The number of hydrogen-bond donors (Lipinski definition) is 3. The van der Waals surface area contributed by atoms with E-state index in [0.29, 0.717) is 19.3 Å². The van der Waals surface area contributed by atoms with Gasteiger partial charge in [0.2, 0.25) is 5.79 Å². The smallest absolute Gasteiger partial charge is 0.309 e. The standard InChI is InChI=1S/C31H44O9/c1-7-28(35)14-11-18-19(12-15-29(36)13-9-10-20(32)26(18,29)5)30(37)23(33)22-25(4)16-21(39-24(34)17(25)3)27(6,38-8-2)31(22,28)40-30/h9-10,17-19,21-22,35-37H,7-8,11-16H2,1-6H3/t17-,18?,19?,21?,22?,25+,26-,27-,28-,29-,30+,31-/m0/s1. The minimum Gasteiger partial charge on any atom is -0.459 e. The Hall–Kier alpha value is -1.65. The van der Waals surface area contributed by atoms with Gasteiger partial charge in [-0.2, -0.15) is 0 Å². The number of aliphatic hydroxyl groups is 3. The first-order chi connectivity index (χ1) is 18.6. The van der Waals surface area contributed by atoms with Crippen LogP contribution in [0.2, 0.25) is 0 Å². The zero-order valence-corrected chi connectivity index (χ0v) is 24.5. The SMILES string of the molecule is CCO[C@@]1(C)C2C[C@@](C)(C3C(=O)[C@]4(O)O[C@@]31[C@](O)(CC)CCC1C4CC[C@@]3(O)CC=CC(=O)[C@]13C)[C@@H](C)C(=O)O2. The zero-order chi connectivity index (χ0) is 29.3.